The number of H-pyrrole nitrogens is 1. The highest BCUT2D eigenvalue weighted by atomic mass is 32.5. The van der Waals surface area contributed by atoms with Crippen LogP contribution < -0.4 is 21.9 Å². The number of aromatic amines is 1. The van der Waals surface area contributed by atoms with Crippen LogP contribution in [0.4, 0.5) is 5.82 Å². The molecule has 0 aromatic carbocycles. The number of nitrogens with zero attached hydrogens (tertiary/aromatic N) is 5. The van der Waals surface area contributed by atoms with Crippen molar-refractivity contribution in [3.05, 3.63) is 45.8 Å². The molecule has 2 aliphatic rings. The summed E-state index contributed by atoms with van der Waals surface area (Å²) in [5, 5.41) is 20.4. The number of fused-ring (bicyclic) bond motifs is 1. The van der Waals surface area contributed by atoms with Gasteiger partial charge in [0, 0.05) is 25.8 Å². The van der Waals surface area contributed by atoms with E-state index in [-0.39, 0.29) is 18.8 Å². The number of aliphatic hydroxyl groups excluding tert-OH is 2. The van der Waals surface area contributed by atoms with Crippen molar-refractivity contribution in [2.24, 2.45) is 0 Å². The molecule has 17 nitrogen and oxygen atoms in total. The van der Waals surface area contributed by atoms with Crippen molar-refractivity contribution in [2.45, 2.75) is 49.4 Å². The van der Waals surface area contributed by atoms with Crippen molar-refractivity contribution in [3.8, 4) is 0 Å². The second-order valence-corrected chi connectivity index (χ2v) is 11.5. The van der Waals surface area contributed by atoms with Crippen LogP contribution in [0.2, 0.25) is 0 Å². The molecular formula is C20H25N7O10PS-. The summed E-state index contributed by atoms with van der Waals surface area (Å²) in [4.78, 5) is 51.1. The van der Waals surface area contributed by atoms with E-state index in [2.05, 4.69) is 19.9 Å². The second-order valence-electron chi connectivity index (χ2n) is 8.79. The number of aromatic nitrogens is 6. The first-order chi connectivity index (χ1) is 18.6. The van der Waals surface area contributed by atoms with Crippen LogP contribution in [0.1, 0.15) is 18.9 Å². The predicted octanol–water partition coefficient (Wildman–Crippen LogP) is -2.50. The Hall–Kier alpha value is -2.64. The van der Waals surface area contributed by atoms with Crippen molar-refractivity contribution in [1.82, 2.24) is 29.1 Å². The minimum atomic E-state index is -4.27. The zero-order valence-electron chi connectivity index (χ0n) is 20.3. The van der Waals surface area contributed by atoms with E-state index in [9.17, 15) is 24.7 Å². The average molecular weight is 587 g/mol. The van der Waals surface area contributed by atoms with Crippen LogP contribution in [-0.4, -0.2) is 90.1 Å². The van der Waals surface area contributed by atoms with E-state index >= 15 is 0 Å². The molecule has 8 atom stereocenters. The Labute approximate surface area is 224 Å². The van der Waals surface area contributed by atoms with Gasteiger partial charge in [0.25, 0.3) is 5.56 Å². The molecule has 3 aromatic rings. The van der Waals surface area contributed by atoms with Crippen molar-refractivity contribution in [2.75, 3.05) is 26.1 Å². The van der Waals surface area contributed by atoms with E-state index in [1.165, 1.54) is 26.0 Å². The standard InChI is InChI=1S/C20H26N7O10PS/c1-33-16-15(10(5-28)36-19(16)26-3-2-12(30)25-20(26)31)37-38(32,39)34-6-11-9(29)4-13(35-11)27-8-24-14-17(21)22-7-23-18(14)27/h2-3,7-11,13,15-16,19,28-29H,4-6H2,1H3,(H,32,39)(H2,21,22,23)(H,25,30,31)/p-1/t9-,10-,11-,13-,15+,16?,19-,38?/m1/s1. The third-order valence-electron chi connectivity index (χ3n) is 6.41. The number of rotatable bonds is 9. The molecule has 0 aliphatic carbocycles. The fourth-order valence-corrected chi connectivity index (χ4v) is 5.97. The molecule has 2 fully saturated rings. The minimum Gasteiger partial charge on any atom is -0.780 e. The Morgan fingerprint density at radius 1 is 1.26 bits per heavy atom. The van der Waals surface area contributed by atoms with Crippen molar-refractivity contribution >= 4 is 35.5 Å². The van der Waals surface area contributed by atoms with Crippen molar-refractivity contribution in [3.63, 3.8) is 0 Å². The predicted molar refractivity (Wildman–Crippen MR) is 132 cm³/mol. The lowest BCUT2D eigenvalue weighted by atomic mass is 10.1. The number of nitrogens with one attached hydrogen (secondary N) is 1. The molecule has 0 saturated carbocycles. The summed E-state index contributed by atoms with van der Waals surface area (Å²) in [6, 6.07) is 1.11. The lowest BCUT2D eigenvalue weighted by molar-refractivity contribution is -0.218. The van der Waals surface area contributed by atoms with Gasteiger partial charge in [-0.1, -0.05) is 11.8 Å². The van der Waals surface area contributed by atoms with Gasteiger partial charge in [-0.05, 0) is 0 Å². The molecule has 39 heavy (non-hydrogen) atoms. The first-order valence-corrected chi connectivity index (χ1v) is 14.2. The lowest BCUT2D eigenvalue weighted by Crippen LogP contribution is -2.40. The van der Waals surface area contributed by atoms with Crippen LogP contribution >= 0.6 is 6.72 Å². The Bertz CT molecular complexity index is 1500. The Morgan fingerprint density at radius 2 is 2.05 bits per heavy atom. The smallest absolute Gasteiger partial charge is 0.330 e. The van der Waals surface area contributed by atoms with Crippen molar-refractivity contribution in [1.29, 1.82) is 0 Å². The van der Waals surface area contributed by atoms with Gasteiger partial charge in [-0.3, -0.25) is 18.9 Å². The molecule has 5 N–H and O–H groups in total. The molecule has 5 rings (SSSR count). The number of methoxy groups -OCH3 is 1. The van der Waals surface area contributed by atoms with Crippen LogP contribution in [0.25, 0.3) is 11.2 Å². The summed E-state index contributed by atoms with van der Waals surface area (Å²) in [6.07, 6.45) is -3.03. The van der Waals surface area contributed by atoms with E-state index in [0.29, 0.717) is 11.2 Å². The second kappa shape index (κ2) is 11.1. The summed E-state index contributed by atoms with van der Waals surface area (Å²) >= 11 is 5.06. The molecule has 19 heteroatoms. The number of hydrogen-bond acceptors (Lipinski definition) is 15. The minimum absolute atomic E-state index is 0.149. The monoisotopic (exact) mass is 586 g/mol. The van der Waals surface area contributed by atoms with Gasteiger partial charge in [-0.25, -0.2) is 19.7 Å². The zero-order valence-corrected chi connectivity index (χ0v) is 22.0. The quantitative estimate of drug-likeness (QED) is 0.190. The molecule has 0 spiro atoms. The molecule has 2 aliphatic heterocycles. The van der Waals surface area contributed by atoms with Gasteiger partial charge in [0.1, 0.15) is 49.2 Å². The summed E-state index contributed by atoms with van der Waals surface area (Å²) < 4.78 is 30.5. The average Bonchev–Trinajstić information content (AvgIpc) is 3.58. The van der Waals surface area contributed by atoms with Crippen LogP contribution in [0.3, 0.4) is 0 Å². The fraction of sp³-hybridized carbons (Fsp3) is 0.550. The largest absolute Gasteiger partial charge is 0.780 e. The van der Waals surface area contributed by atoms with Gasteiger partial charge in [-0.15, -0.1) is 0 Å². The number of anilines is 1. The van der Waals surface area contributed by atoms with Crippen LogP contribution in [-0.2, 0) is 35.1 Å². The highest BCUT2D eigenvalue weighted by Crippen LogP contribution is 2.46. The normalized spacial score (nSPS) is 30.6. The molecule has 0 amide bonds. The van der Waals surface area contributed by atoms with E-state index < -0.39 is 67.6 Å². The first-order valence-electron chi connectivity index (χ1n) is 11.6. The molecule has 0 bridgehead atoms. The number of aliphatic hydroxyl groups is 2. The van der Waals surface area contributed by atoms with E-state index in [4.69, 9.17) is 40.8 Å². The topological polar surface area (TPSA) is 234 Å². The maximum Gasteiger partial charge on any atom is 0.330 e. The number of imidazole rings is 1. The first kappa shape index (κ1) is 27.9. The van der Waals surface area contributed by atoms with Crippen LogP contribution in [0, 0.1) is 0 Å². The van der Waals surface area contributed by atoms with Gasteiger partial charge in [0.05, 0.1) is 25.6 Å². The molecule has 5 heterocycles. The molecule has 2 unspecified atom stereocenters. The zero-order chi connectivity index (χ0) is 27.9. The third-order valence-corrected chi connectivity index (χ3v) is 7.95. The summed E-state index contributed by atoms with van der Waals surface area (Å²) in [5.41, 5.74) is 5.21. The van der Waals surface area contributed by atoms with Crippen molar-refractivity contribution < 1.29 is 38.4 Å². The Morgan fingerprint density at radius 3 is 2.77 bits per heavy atom. The maximum absolute atomic E-state index is 13.1. The molecule has 212 valence electrons. The third kappa shape index (κ3) is 5.53. The van der Waals surface area contributed by atoms with E-state index in [1.807, 2.05) is 0 Å². The summed E-state index contributed by atoms with van der Waals surface area (Å²) in [7, 11) is 1.30. The van der Waals surface area contributed by atoms with Gasteiger partial charge >= 0.3 is 5.69 Å². The lowest BCUT2D eigenvalue weighted by Gasteiger charge is -2.34. The fourth-order valence-electron chi connectivity index (χ4n) is 4.55. The summed E-state index contributed by atoms with van der Waals surface area (Å²) in [6.45, 7) is -5.24. The Kier molecular flexibility index (Phi) is 7.93. The van der Waals surface area contributed by atoms with Gasteiger partial charge in [0.15, 0.2) is 17.7 Å². The number of ether oxygens (including phenoxy) is 3. The van der Waals surface area contributed by atoms with Gasteiger partial charge in [-0.2, -0.15) is 0 Å². The summed E-state index contributed by atoms with van der Waals surface area (Å²) in [5.74, 6) is 0.195. The van der Waals surface area contributed by atoms with E-state index in [1.54, 1.807) is 4.57 Å². The number of hydrogen-bond donors (Lipinski definition) is 4. The molecule has 3 aromatic heterocycles. The van der Waals surface area contributed by atoms with Crippen LogP contribution in [0.15, 0.2) is 34.5 Å². The number of nitrogen functional groups attached to an aromatic ring is 1. The Balaban J connectivity index is 1.26. The van der Waals surface area contributed by atoms with Gasteiger partial charge < -0.3 is 44.1 Å². The maximum atomic E-state index is 13.1. The highest BCUT2D eigenvalue weighted by Gasteiger charge is 2.48. The van der Waals surface area contributed by atoms with Crippen LogP contribution in [0.5, 0.6) is 0 Å². The number of nitrogens with two attached hydrogens (primary N) is 1. The highest BCUT2D eigenvalue weighted by molar-refractivity contribution is 8.06. The molecule has 0 radical (unpaired) electrons. The van der Waals surface area contributed by atoms with Gasteiger partial charge in [0.2, 0.25) is 0 Å². The molecular weight excluding hydrogens is 561 g/mol. The SMILES string of the molecule is COC1[C@@H](OP([O-])(=S)OC[C@H]2O[C@@H](n3cnc4c(N)ncnc43)C[C@H]2O)[C@@H](CO)O[C@H]1n1ccc(=O)[nH]c1=O. The van der Waals surface area contributed by atoms with E-state index in [0.717, 1.165) is 10.6 Å². The molecule has 2 saturated heterocycles.